The van der Waals surface area contributed by atoms with Crippen LogP contribution in [0.5, 0.6) is 0 Å². The Bertz CT molecular complexity index is 208. The van der Waals surface area contributed by atoms with Crippen molar-refractivity contribution in [1.82, 2.24) is 10.2 Å². The first-order valence-electron chi connectivity index (χ1n) is 4.73. The molecule has 0 aromatic rings. The highest BCUT2D eigenvalue weighted by atomic mass is 16.5. The number of ether oxygens (including phenoxy) is 1. The van der Waals surface area contributed by atoms with Crippen molar-refractivity contribution in [2.45, 2.75) is 6.42 Å². The summed E-state index contributed by atoms with van der Waals surface area (Å²) < 4.78 is 4.81. The van der Waals surface area contributed by atoms with Gasteiger partial charge in [-0.2, -0.15) is 0 Å². The summed E-state index contributed by atoms with van der Waals surface area (Å²) in [4.78, 5) is 22.8. The smallest absolute Gasteiger partial charge is 0.323 e. The van der Waals surface area contributed by atoms with Gasteiger partial charge in [-0.15, -0.1) is 0 Å². The van der Waals surface area contributed by atoms with Gasteiger partial charge in [0.15, 0.2) is 0 Å². The van der Waals surface area contributed by atoms with Gasteiger partial charge in [0.25, 0.3) is 0 Å². The van der Waals surface area contributed by atoms with Crippen molar-refractivity contribution in [3.8, 4) is 0 Å². The van der Waals surface area contributed by atoms with Gasteiger partial charge in [0.05, 0.1) is 6.61 Å². The Hall–Kier alpha value is -1.14. The van der Waals surface area contributed by atoms with E-state index in [1.807, 2.05) is 0 Å². The van der Waals surface area contributed by atoms with Crippen LogP contribution in [-0.4, -0.2) is 62.3 Å². The SMILES string of the molecule is COCCNCCC(=O)N(C)CC(=O)O. The van der Waals surface area contributed by atoms with E-state index in [0.717, 1.165) is 0 Å². The number of carbonyl (C=O) groups excluding carboxylic acids is 1. The molecule has 2 N–H and O–H groups in total. The minimum atomic E-state index is -1.00. The maximum absolute atomic E-state index is 11.3. The molecule has 88 valence electrons. The number of methoxy groups -OCH3 is 1. The van der Waals surface area contributed by atoms with Crippen molar-refractivity contribution in [1.29, 1.82) is 0 Å². The number of nitrogens with zero attached hydrogens (tertiary/aromatic N) is 1. The first kappa shape index (κ1) is 13.9. The van der Waals surface area contributed by atoms with E-state index >= 15 is 0 Å². The topological polar surface area (TPSA) is 78.9 Å². The van der Waals surface area contributed by atoms with Crippen LogP contribution >= 0.6 is 0 Å². The summed E-state index contributed by atoms with van der Waals surface area (Å²) in [6, 6.07) is 0. The van der Waals surface area contributed by atoms with Gasteiger partial charge in [-0.3, -0.25) is 9.59 Å². The van der Waals surface area contributed by atoms with E-state index < -0.39 is 5.97 Å². The van der Waals surface area contributed by atoms with E-state index in [9.17, 15) is 9.59 Å². The van der Waals surface area contributed by atoms with Gasteiger partial charge in [0.1, 0.15) is 6.54 Å². The molecule has 0 aliphatic rings. The van der Waals surface area contributed by atoms with Gasteiger partial charge in [-0.25, -0.2) is 0 Å². The average molecular weight is 218 g/mol. The maximum Gasteiger partial charge on any atom is 0.323 e. The van der Waals surface area contributed by atoms with Crippen molar-refractivity contribution >= 4 is 11.9 Å². The zero-order valence-electron chi connectivity index (χ0n) is 9.15. The zero-order valence-corrected chi connectivity index (χ0v) is 9.15. The Balaban J connectivity index is 3.51. The minimum absolute atomic E-state index is 0.178. The second kappa shape index (κ2) is 8.19. The van der Waals surface area contributed by atoms with Crippen LogP contribution in [0.3, 0.4) is 0 Å². The normalized spacial score (nSPS) is 10.0. The lowest BCUT2D eigenvalue weighted by molar-refractivity contribution is -0.143. The summed E-state index contributed by atoms with van der Waals surface area (Å²) in [6.45, 7) is 1.56. The summed E-state index contributed by atoms with van der Waals surface area (Å²) in [6.07, 6.45) is 0.299. The number of likely N-dealkylation sites (N-methyl/N-ethyl adjacent to an activating group) is 1. The highest BCUT2D eigenvalue weighted by Crippen LogP contribution is 1.89. The molecule has 0 aromatic heterocycles. The van der Waals surface area contributed by atoms with Crippen LogP contribution in [0.4, 0.5) is 0 Å². The number of amides is 1. The van der Waals surface area contributed by atoms with Crippen LogP contribution in [0.2, 0.25) is 0 Å². The first-order chi connectivity index (χ1) is 7.07. The quantitative estimate of drug-likeness (QED) is 0.519. The van der Waals surface area contributed by atoms with Gasteiger partial charge in [0.2, 0.25) is 5.91 Å². The predicted molar refractivity (Wildman–Crippen MR) is 54.6 cm³/mol. The van der Waals surface area contributed by atoms with Crippen molar-refractivity contribution in [3.63, 3.8) is 0 Å². The minimum Gasteiger partial charge on any atom is -0.480 e. The molecule has 6 nitrogen and oxygen atoms in total. The predicted octanol–water partition coefficient (Wildman–Crippen LogP) is -0.844. The fourth-order valence-corrected chi connectivity index (χ4v) is 0.976. The van der Waals surface area contributed by atoms with E-state index in [-0.39, 0.29) is 12.5 Å². The lowest BCUT2D eigenvalue weighted by Crippen LogP contribution is -2.34. The van der Waals surface area contributed by atoms with E-state index in [4.69, 9.17) is 9.84 Å². The van der Waals surface area contributed by atoms with Gasteiger partial charge >= 0.3 is 5.97 Å². The molecule has 0 aromatic carbocycles. The molecule has 0 saturated carbocycles. The molecule has 0 unspecified atom stereocenters. The number of aliphatic carboxylic acids is 1. The lowest BCUT2D eigenvalue weighted by atomic mass is 10.3. The lowest BCUT2D eigenvalue weighted by Gasteiger charge is -2.14. The van der Waals surface area contributed by atoms with E-state index in [1.165, 1.54) is 11.9 Å². The van der Waals surface area contributed by atoms with Crippen LogP contribution in [0, 0.1) is 0 Å². The van der Waals surface area contributed by atoms with Gasteiger partial charge < -0.3 is 20.1 Å². The molecule has 6 heteroatoms. The van der Waals surface area contributed by atoms with Gasteiger partial charge in [-0.1, -0.05) is 0 Å². The fraction of sp³-hybridized carbons (Fsp3) is 0.778. The molecule has 15 heavy (non-hydrogen) atoms. The highest BCUT2D eigenvalue weighted by Gasteiger charge is 2.10. The van der Waals surface area contributed by atoms with Crippen LogP contribution in [-0.2, 0) is 14.3 Å². The summed E-state index contributed by atoms with van der Waals surface area (Å²) >= 11 is 0. The second-order valence-corrected chi connectivity index (χ2v) is 3.14. The Morgan fingerprint density at radius 3 is 2.60 bits per heavy atom. The van der Waals surface area contributed by atoms with Crippen molar-refractivity contribution in [2.24, 2.45) is 0 Å². The molecule has 0 bridgehead atoms. The molecule has 1 amide bonds. The molecule has 0 spiro atoms. The summed E-state index contributed by atoms with van der Waals surface area (Å²) in [5.41, 5.74) is 0. The Morgan fingerprint density at radius 1 is 1.40 bits per heavy atom. The summed E-state index contributed by atoms with van der Waals surface area (Å²) in [7, 11) is 3.08. The van der Waals surface area contributed by atoms with Crippen LogP contribution < -0.4 is 5.32 Å². The number of nitrogens with one attached hydrogen (secondary N) is 1. The van der Waals surface area contributed by atoms with Crippen molar-refractivity contribution in [2.75, 3.05) is 40.4 Å². The molecule has 0 aliphatic carbocycles. The number of carboxylic acids is 1. The molecule has 0 fully saturated rings. The van der Waals surface area contributed by atoms with Crippen molar-refractivity contribution in [3.05, 3.63) is 0 Å². The average Bonchev–Trinajstić information content (AvgIpc) is 2.16. The number of hydrogen-bond donors (Lipinski definition) is 2. The molecule has 0 heterocycles. The van der Waals surface area contributed by atoms with Gasteiger partial charge in [0, 0.05) is 33.7 Å². The standard InChI is InChI=1S/C9H18N2O4/c1-11(7-9(13)14)8(12)3-4-10-5-6-15-2/h10H,3-7H2,1-2H3,(H,13,14). The van der Waals surface area contributed by atoms with E-state index in [1.54, 1.807) is 7.11 Å². The third-order valence-electron chi connectivity index (χ3n) is 1.80. The Kier molecular flexibility index (Phi) is 7.57. The third kappa shape index (κ3) is 7.90. The van der Waals surface area contributed by atoms with Crippen LogP contribution in [0.25, 0.3) is 0 Å². The Labute approximate surface area is 89.2 Å². The van der Waals surface area contributed by atoms with Crippen LogP contribution in [0.15, 0.2) is 0 Å². The second-order valence-electron chi connectivity index (χ2n) is 3.14. The molecule has 0 rings (SSSR count). The first-order valence-corrected chi connectivity index (χ1v) is 4.73. The maximum atomic E-state index is 11.3. The monoisotopic (exact) mass is 218 g/mol. The van der Waals surface area contributed by atoms with E-state index in [0.29, 0.717) is 26.1 Å². The summed E-state index contributed by atoms with van der Waals surface area (Å²) in [5, 5.41) is 11.5. The third-order valence-corrected chi connectivity index (χ3v) is 1.80. The van der Waals surface area contributed by atoms with E-state index in [2.05, 4.69) is 5.32 Å². The fourth-order valence-electron chi connectivity index (χ4n) is 0.976. The van der Waals surface area contributed by atoms with Crippen LogP contribution in [0.1, 0.15) is 6.42 Å². The molecular formula is C9H18N2O4. The number of rotatable bonds is 8. The summed E-state index contributed by atoms with van der Waals surface area (Å²) in [5.74, 6) is -1.18. The van der Waals surface area contributed by atoms with Gasteiger partial charge in [-0.05, 0) is 0 Å². The molecular weight excluding hydrogens is 200 g/mol. The highest BCUT2D eigenvalue weighted by molar-refractivity contribution is 5.81. The molecule has 0 radical (unpaired) electrons. The number of carbonyl (C=O) groups is 2. The number of hydrogen-bond acceptors (Lipinski definition) is 4. The largest absolute Gasteiger partial charge is 0.480 e. The molecule has 0 saturated heterocycles. The molecule has 0 atom stereocenters. The number of carboxylic acid groups (broad SMARTS) is 1. The zero-order chi connectivity index (χ0) is 11.7. The van der Waals surface area contributed by atoms with Crippen molar-refractivity contribution < 1.29 is 19.4 Å². The Morgan fingerprint density at radius 2 is 2.07 bits per heavy atom. The molecule has 0 aliphatic heterocycles.